The molecular weight excluding hydrogens is 286 g/mol. The minimum Gasteiger partial charge on any atom is -0.397 e. The van der Waals surface area contributed by atoms with Crippen LogP contribution in [0.4, 0.5) is 11.5 Å². The molecule has 6 heteroatoms. The van der Waals surface area contributed by atoms with Crippen LogP contribution in [0.15, 0.2) is 16.7 Å². The van der Waals surface area contributed by atoms with Crippen molar-refractivity contribution in [1.82, 2.24) is 4.98 Å². The number of pyridine rings is 1. The van der Waals surface area contributed by atoms with Gasteiger partial charge < -0.3 is 15.8 Å². The number of nitrogens with two attached hydrogens (primary N) is 1. The van der Waals surface area contributed by atoms with Gasteiger partial charge in [0.15, 0.2) is 0 Å². The van der Waals surface area contributed by atoms with Crippen LogP contribution >= 0.6 is 15.9 Å². The molecule has 92 valence electrons. The van der Waals surface area contributed by atoms with E-state index in [0.29, 0.717) is 22.6 Å². The Labute approximate surface area is 108 Å². The van der Waals surface area contributed by atoms with Crippen molar-refractivity contribution in [2.24, 2.45) is 5.92 Å². The second kappa shape index (κ2) is 5.46. The van der Waals surface area contributed by atoms with Crippen LogP contribution in [0.1, 0.15) is 12.8 Å². The van der Waals surface area contributed by atoms with Gasteiger partial charge in [-0.15, -0.1) is 0 Å². The third-order valence-electron chi connectivity index (χ3n) is 2.64. The maximum Gasteiger partial charge on any atom is 0.230 e. The lowest BCUT2D eigenvalue weighted by Gasteiger charge is -2.21. The lowest BCUT2D eigenvalue weighted by atomic mass is 10.0. The number of rotatable bonds is 2. The summed E-state index contributed by atoms with van der Waals surface area (Å²) in [5.74, 6) is 0.354. The van der Waals surface area contributed by atoms with E-state index in [1.807, 2.05) is 0 Å². The molecule has 1 unspecified atom stereocenters. The van der Waals surface area contributed by atoms with Crippen LogP contribution in [0.5, 0.6) is 0 Å². The van der Waals surface area contributed by atoms with Gasteiger partial charge in [-0.25, -0.2) is 4.98 Å². The summed E-state index contributed by atoms with van der Waals surface area (Å²) in [6.45, 7) is 1.23. The van der Waals surface area contributed by atoms with Crippen molar-refractivity contribution in [1.29, 1.82) is 0 Å². The monoisotopic (exact) mass is 299 g/mol. The molecule has 0 spiro atoms. The lowest BCUT2D eigenvalue weighted by molar-refractivity contribution is -0.123. The predicted octanol–water partition coefficient (Wildman–Crippen LogP) is 1.79. The van der Waals surface area contributed by atoms with Gasteiger partial charge in [-0.2, -0.15) is 0 Å². The zero-order valence-corrected chi connectivity index (χ0v) is 10.9. The molecule has 1 aromatic heterocycles. The van der Waals surface area contributed by atoms with Crippen LogP contribution < -0.4 is 11.1 Å². The molecule has 0 saturated carbocycles. The van der Waals surface area contributed by atoms with Crippen molar-refractivity contribution in [2.45, 2.75) is 12.8 Å². The van der Waals surface area contributed by atoms with Crippen LogP contribution in [0.25, 0.3) is 0 Å². The highest BCUT2D eigenvalue weighted by atomic mass is 79.9. The fourth-order valence-electron chi connectivity index (χ4n) is 1.71. The molecule has 1 fully saturated rings. The summed E-state index contributed by atoms with van der Waals surface area (Å²) >= 11 is 3.31. The highest BCUT2D eigenvalue weighted by Gasteiger charge is 2.22. The van der Waals surface area contributed by atoms with Crippen molar-refractivity contribution in [3.05, 3.63) is 16.7 Å². The first-order chi connectivity index (χ1) is 8.16. The summed E-state index contributed by atoms with van der Waals surface area (Å²) in [6.07, 6.45) is 3.30. The molecule has 1 aliphatic heterocycles. The average molecular weight is 300 g/mol. The number of aromatic nitrogens is 1. The van der Waals surface area contributed by atoms with E-state index in [-0.39, 0.29) is 11.8 Å². The predicted molar refractivity (Wildman–Crippen MR) is 68.5 cm³/mol. The third kappa shape index (κ3) is 3.17. The fourth-order valence-corrected chi connectivity index (χ4v) is 2.18. The molecule has 5 nitrogen and oxygen atoms in total. The number of halogens is 1. The van der Waals surface area contributed by atoms with Gasteiger partial charge in [0, 0.05) is 6.61 Å². The molecule has 0 radical (unpaired) electrons. The standard InChI is InChI=1S/C11H14BrN3O2/c12-9-4-8(13)5-14-10(9)15-11(16)7-2-1-3-17-6-7/h4-5,7H,1-3,6,13H2,(H,14,15,16). The Balaban J connectivity index is 2.02. The first kappa shape index (κ1) is 12.3. The molecule has 1 saturated heterocycles. The van der Waals surface area contributed by atoms with E-state index in [0.717, 1.165) is 19.4 Å². The SMILES string of the molecule is Nc1cnc(NC(=O)C2CCCOC2)c(Br)c1. The number of amides is 1. The van der Waals surface area contributed by atoms with E-state index in [2.05, 4.69) is 26.2 Å². The van der Waals surface area contributed by atoms with Gasteiger partial charge in [0.1, 0.15) is 5.82 Å². The number of carbonyl (C=O) groups is 1. The van der Waals surface area contributed by atoms with Crippen LogP contribution in [-0.4, -0.2) is 24.1 Å². The third-order valence-corrected chi connectivity index (χ3v) is 3.24. The molecule has 1 amide bonds. The van der Waals surface area contributed by atoms with Gasteiger partial charge in [-0.3, -0.25) is 4.79 Å². The van der Waals surface area contributed by atoms with Crippen LogP contribution in [-0.2, 0) is 9.53 Å². The molecule has 2 rings (SSSR count). The Morgan fingerprint density at radius 2 is 2.47 bits per heavy atom. The van der Waals surface area contributed by atoms with Gasteiger partial charge in [0.25, 0.3) is 0 Å². The molecule has 1 atom stereocenters. The Kier molecular flexibility index (Phi) is 3.96. The summed E-state index contributed by atoms with van der Waals surface area (Å²) in [5.41, 5.74) is 6.13. The van der Waals surface area contributed by atoms with Crippen molar-refractivity contribution in [3.63, 3.8) is 0 Å². The van der Waals surface area contributed by atoms with Crippen LogP contribution in [0, 0.1) is 5.92 Å². The minimum absolute atomic E-state index is 0.0531. The fraction of sp³-hybridized carbons (Fsp3) is 0.455. The zero-order valence-electron chi connectivity index (χ0n) is 9.28. The number of ether oxygens (including phenoxy) is 1. The quantitative estimate of drug-likeness (QED) is 0.873. The Morgan fingerprint density at radius 3 is 3.12 bits per heavy atom. The number of carbonyl (C=O) groups excluding carboxylic acids is 1. The van der Waals surface area contributed by atoms with E-state index < -0.39 is 0 Å². The number of hydrogen-bond donors (Lipinski definition) is 2. The Bertz CT molecular complexity index is 419. The highest BCUT2D eigenvalue weighted by Crippen LogP contribution is 2.23. The van der Waals surface area contributed by atoms with Crippen LogP contribution in [0.3, 0.4) is 0 Å². The first-order valence-electron chi connectivity index (χ1n) is 5.46. The van der Waals surface area contributed by atoms with Gasteiger partial charge >= 0.3 is 0 Å². The van der Waals surface area contributed by atoms with E-state index >= 15 is 0 Å². The van der Waals surface area contributed by atoms with Crippen molar-refractivity contribution in [3.8, 4) is 0 Å². The summed E-state index contributed by atoms with van der Waals surface area (Å²) in [5, 5.41) is 2.77. The number of nitrogen functional groups attached to an aromatic ring is 1. The van der Waals surface area contributed by atoms with E-state index in [4.69, 9.17) is 10.5 Å². The van der Waals surface area contributed by atoms with Crippen molar-refractivity contribution < 1.29 is 9.53 Å². The first-order valence-corrected chi connectivity index (χ1v) is 6.26. The highest BCUT2D eigenvalue weighted by molar-refractivity contribution is 9.10. The number of anilines is 2. The summed E-state index contributed by atoms with van der Waals surface area (Å²) in [7, 11) is 0. The van der Waals surface area contributed by atoms with E-state index in [9.17, 15) is 4.79 Å². The number of nitrogens with one attached hydrogen (secondary N) is 1. The average Bonchev–Trinajstić information content (AvgIpc) is 2.34. The molecule has 0 aliphatic carbocycles. The molecule has 3 N–H and O–H groups in total. The second-order valence-corrected chi connectivity index (χ2v) is 4.86. The minimum atomic E-state index is -0.0880. The molecule has 0 bridgehead atoms. The summed E-state index contributed by atoms with van der Waals surface area (Å²) in [4.78, 5) is 16.0. The molecular formula is C11H14BrN3O2. The Hall–Kier alpha value is -1.14. The second-order valence-electron chi connectivity index (χ2n) is 4.00. The number of hydrogen-bond acceptors (Lipinski definition) is 4. The van der Waals surface area contributed by atoms with Crippen LogP contribution in [0.2, 0.25) is 0 Å². The largest absolute Gasteiger partial charge is 0.397 e. The van der Waals surface area contributed by atoms with E-state index in [1.54, 1.807) is 6.07 Å². The topological polar surface area (TPSA) is 77.2 Å². The lowest BCUT2D eigenvalue weighted by Crippen LogP contribution is -2.30. The maximum atomic E-state index is 11.9. The van der Waals surface area contributed by atoms with Crippen molar-refractivity contribution >= 4 is 33.3 Å². The van der Waals surface area contributed by atoms with Gasteiger partial charge in [0.05, 0.1) is 28.9 Å². The molecule has 1 aliphatic rings. The van der Waals surface area contributed by atoms with Gasteiger partial charge in [-0.1, -0.05) is 0 Å². The molecule has 1 aromatic rings. The molecule has 0 aromatic carbocycles. The van der Waals surface area contributed by atoms with Gasteiger partial charge in [0.2, 0.25) is 5.91 Å². The maximum absolute atomic E-state index is 11.9. The van der Waals surface area contributed by atoms with E-state index in [1.165, 1.54) is 6.20 Å². The molecule has 2 heterocycles. The molecule has 17 heavy (non-hydrogen) atoms. The zero-order chi connectivity index (χ0) is 12.3. The normalized spacial score (nSPS) is 19.9. The van der Waals surface area contributed by atoms with Gasteiger partial charge in [-0.05, 0) is 34.8 Å². The summed E-state index contributed by atoms with van der Waals surface area (Å²) < 4.78 is 5.96. The van der Waals surface area contributed by atoms with Crippen molar-refractivity contribution in [2.75, 3.05) is 24.3 Å². The summed E-state index contributed by atoms with van der Waals surface area (Å²) in [6, 6.07) is 1.71. The number of nitrogens with zero attached hydrogens (tertiary/aromatic N) is 1. The smallest absolute Gasteiger partial charge is 0.230 e. The Morgan fingerprint density at radius 1 is 1.65 bits per heavy atom.